The van der Waals surface area contributed by atoms with E-state index in [0.29, 0.717) is 17.4 Å². The highest BCUT2D eigenvalue weighted by molar-refractivity contribution is 4.93. The summed E-state index contributed by atoms with van der Waals surface area (Å²) in [6.07, 6.45) is 7.19. The molecular weight excluding hydrogens is 210 g/mol. The molecule has 4 unspecified atom stereocenters. The minimum absolute atomic E-state index is 0.0606. The highest BCUT2D eigenvalue weighted by atomic mass is 16.3. The molecule has 0 radical (unpaired) electrons. The quantitative estimate of drug-likeness (QED) is 0.793. The van der Waals surface area contributed by atoms with Gasteiger partial charge in [-0.05, 0) is 50.0 Å². The molecule has 2 nitrogen and oxygen atoms in total. The second kappa shape index (κ2) is 5.27. The van der Waals surface area contributed by atoms with Gasteiger partial charge < -0.3 is 10.4 Å². The molecule has 17 heavy (non-hydrogen) atoms. The van der Waals surface area contributed by atoms with Gasteiger partial charge in [0, 0.05) is 12.0 Å². The topological polar surface area (TPSA) is 32.3 Å². The molecule has 2 rings (SSSR count). The highest BCUT2D eigenvalue weighted by Crippen LogP contribution is 2.44. The fraction of sp³-hybridized carbons (Fsp3) is 1.00. The Kier molecular flexibility index (Phi) is 4.14. The Labute approximate surface area is 106 Å². The summed E-state index contributed by atoms with van der Waals surface area (Å²) in [4.78, 5) is 0. The normalized spacial score (nSPS) is 39.5. The van der Waals surface area contributed by atoms with E-state index >= 15 is 0 Å². The van der Waals surface area contributed by atoms with Crippen LogP contribution in [0.4, 0.5) is 0 Å². The van der Waals surface area contributed by atoms with Crippen LogP contribution in [0.2, 0.25) is 0 Å². The minimum Gasteiger partial charge on any atom is -0.393 e. The zero-order valence-corrected chi connectivity index (χ0v) is 11.7. The molecular formula is C15H29NO. The summed E-state index contributed by atoms with van der Waals surface area (Å²) in [5.41, 5.74) is 0.441. The van der Waals surface area contributed by atoms with Gasteiger partial charge in [0.2, 0.25) is 0 Å². The predicted molar refractivity (Wildman–Crippen MR) is 71.9 cm³/mol. The molecule has 0 spiro atoms. The summed E-state index contributed by atoms with van der Waals surface area (Å²) in [5.74, 6) is 1.30. The molecule has 1 heterocycles. The molecule has 2 heteroatoms. The Morgan fingerprint density at radius 1 is 1.24 bits per heavy atom. The Balaban J connectivity index is 2.00. The van der Waals surface area contributed by atoms with Gasteiger partial charge >= 0.3 is 0 Å². The molecule has 4 atom stereocenters. The number of hydrogen-bond donors (Lipinski definition) is 2. The second-order valence-electron chi connectivity index (χ2n) is 6.79. The summed E-state index contributed by atoms with van der Waals surface area (Å²) in [5, 5.41) is 13.8. The predicted octanol–water partition coefficient (Wildman–Crippen LogP) is 2.95. The monoisotopic (exact) mass is 239 g/mol. The van der Waals surface area contributed by atoms with Crippen LogP contribution in [0.25, 0.3) is 0 Å². The van der Waals surface area contributed by atoms with Crippen LogP contribution in [0.15, 0.2) is 0 Å². The van der Waals surface area contributed by atoms with E-state index in [1.54, 1.807) is 0 Å². The third-order valence-electron chi connectivity index (χ3n) is 5.49. The van der Waals surface area contributed by atoms with E-state index in [1.807, 2.05) is 0 Å². The molecule has 2 fully saturated rings. The Hall–Kier alpha value is -0.0800. The van der Waals surface area contributed by atoms with Crippen LogP contribution in [0, 0.1) is 17.3 Å². The van der Waals surface area contributed by atoms with E-state index in [-0.39, 0.29) is 6.10 Å². The Morgan fingerprint density at radius 2 is 2.00 bits per heavy atom. The summed E-state index contributed by atoms with van der Waals surface area (Å²) in [7, 11) is 0. The summed E-state index contributed by atoms with van der Waals surface area (Å²) >= 11 is 0. The van der Waals surface area contributed by atoms with Gasteiger partial charge in [-0.25, -0.2) is 0 Å². The molecule has 100 valence electrons. The average Bonchev–Trinajstić information content (AvgIpc) is 2.83. The number of nitrogens with one attached hydrogen (secondary N) is 1. The van der Waals surface area contributed by atoms with Gasteiger partial charge in [0.1, 0.15) is 0 Å². The first-order valence-electron chi connectivity index (χ1n) is 7.46. The highest BCUT2D eigenvalue weighted by Gasteiger charge is 2.40. The summed E-state index contributed by atoms with van der Waals surface area (Å²) in [6, 6.07) is 0.584. The maximum absolute atomic E-state index is 10.2. The molecule has 0 aromatic heterocycles. The van der Waals surface area contributed by atoms with E-state index in [9.17, 15) is 5.11 Å². The van der Waals surface area contributed by atoms with E-state index in [0.717, 1.165) is 18.9 Å². The van der Waals surface area contributed by atoms with Gasteiger partial charge in [-0.1, -0.05) is 27.2 Å². The van der Waals surface area contributed by atoms with Crippen LogP contribution in [-0.4, -0.2) is 23.8 Å². The smallest absolute Gasteiger partial charge is 0.0583 e. The maximum Gasteiger partial charge on any atom is 0.0583 e. The second-order valence-corrected chi connectivity index (χ2v) is 6.79. The van der Waals surface area contributed by atoms with Gasteiger partial charge in [0.05, 0.1) is 6.10 Å². The molecule has 2 N–H and O–H groups in total. The zero-order chi connectivity index (χ0) is 12.5. The first-order chi connectivity index (χ1) is 8.04. The maximum atomic E-state index is 10.2. The van der Waals surface area contributed by atoms with Crippen molar-refractivity contribution in [3.05, 3.63) is 0 Å². The lowest BCUT2D eigenvalue weighted by Crippen LogP contribution is -2.44. The summed E-state index contributed by atoms with van der Waals surface area (Å²) < 4.78 is 0. The van der Waals surface area contributed by atoms with Gasteiger partial charge in [0.25, 0.3) is 0 Å². The lowest BCUT2D eigenvalue weighted by atomic mass is 9.65. The van der Waals surface area contributed by atoms with E-state index in [2.05, 4.69) is 26.1 Å². The minimum atomic E-state index is -0.0606. The van der Waals surface area contributed by atoms with Crippen molar-refractivity contribution in [1.82, 2.24) is 5.32 Å². The van der Waals surface area contributed by atoms with Crippen molar-refractivity contribution >= 4 is 0 Å². The molecule has 0 amide bonds. The van der Waals surface area contributed by atoms with Crippen LogP contribution >= 0.6 is 0 Å². The standard InChI is InChI=1S/C15H29NO/c1-4-15(2,3)11-7-8-14(17)12(10-11)13-6-5-9-16-13/h11-14,16-17H,4-10H2,1-3H3. The van der Waals surface area contributed by atoms with Gasteiger partial charge in [0.15, 0.2) is 0 Å². The van der Waals surface area contributed by atoms with Crippen molar-refractivity contribution < 1.29 is 5.11 Å². The van der Waals surface area contributed by atoms with Crippen molar-refractivity contribution in [1.29, 1.82) is 0 Å². The fourth-order valence-corrected chi connectivity index (χ4v) is 3.70. The number of rotatable bonds is 3. The molecule has 0 aromatic rings. The van der Waals surface area contributed by atoms with E-state index < -0.39 is 0 Å². The Morgan fingerprint density at radius 3 is 2.59 bits per heavy atom. The van der Waals surface area contributed by atoms with Gasteiger partial charge in [-0.2, -0.15) is 0 Å². The van der Waals surface area contributed by atoms with Gasteiger partial charge in [-0.15, -0.1) is 0 Å². The van der Waals surface area contributed by atoms with E-state index in [4.69, 9.17) is 0 Å². The molecule has 1 saturated heterocycles. The fourth-order valence-electron chi connectivity index (χ4n) is 3.70. The lowest BCUT2D eigenvalue weighted by molar-refractivity contribution is 0.000196. The molecule has 2 aliphatic rings. The average molecular weight is 239 g/mol. The third kappa shape index (κ3) is 2.85. The van der Waals surface area contributed by atoms with Crippen molar-refractivity contribution in [2.45, 2.75) is 71.4 Å². The first kappa shape index (κ1) is 13.4. The molecule has 1 saturated carbocycles. The van der Waals surface area contributed by atoms with Crippen LogP contribution < -0.4 is 5.32 Å². The Bertz CT molecular complexity index is 245. The van der Waals surface area contributed by atoms with E-state index in [1.165, 1.54) is 32.1 Å². The molecule has 1 aliphatic carbocycles. The van der Waals surface area contributed by atoms with Crippen LogP contribution in [0.1, 0.15) is 59.3 Å². The number of aliphatic hydroxyl groups is 1. The molecule has 0 aromatic carbocycles. The third-order valence-corrected chi connectivity index (χ3v) is 5.49. The molecule has 0 bridgehead atoms. The van der Waals surface area contributed by atoms with Crippen molar-refractivity contribution in [2.75, 3.05) is 6.54 Å². The largest absolute Gasteiger partial charge is 0.393 e. The van der Waals surface area contributed by atoms with Crippen LogP contribution in [-0.2, 0) is 0 Å². The lowest BCUT2D eigenvalue weighted by Gasteiger charge is -2.43. The SMILES string of the molecule is CCC(C)(C)C1CCC(O)C(C2CCCN2)C1. The number of aliphatic hydroxyl groups excluding tert-OH is 1. The number of hydrogen-bond acceptors (Lipinski definition) is 2. The summed E-state index contributed by atoms with van der Waals surface area (Å²) in [6.45, 7) is 8.24. The molecule has 1 aliphatic heterocycles. The zero-order valence-electron chi connectivity index (χ0n) is 11.7. The van der Waals surface area contributed by atoms with Crippen LogP contribution in [0.3, 0.4) is 0 Å². The first-order valence-corrected chi connectivity index (χ1v) is 7.46. The van der Waals surface area contributed by atoms with Crippen molar-refractivity contribution in [2.24, 2.45) is 17.3 Å². The van der Waals surface area contributed by atoms with Crippen LogP contribution in [0.5, 0.6) is 0 Å². The van der Waals surface area contributed by atoms with Gasteiger partial charge in [-0.3, -0.25) is 0 Å². The van der Waals surface area contributed by atoms with Crippen molar-refractivity contribution in [3.8, 4) is 0 Å². The van der Waals surface area contributed by atoms with Crippen molar-refractivity contribution in [3.63, 3.8) is 0 Å².